The quantitative estimate of drug-likeness (QED) is 0.624. The minimum absolute atomic E-state index is 0.138. The monoisotopic (exact) mass is 256 g/mol. The van der Waals surface area contributed by atoms with E-state index in [9.17, 15) is 9.59 Å². The molecule has 0 spiro atoms. The Hall–Kier alpha value is -2.23. The second kappa shape index (κ2) is 5.18. The molecule has 0 aliphatic rings. The van der Waals surface area contributed by atoms with Crippen LogP contribution in [0.5, 0.6) is 0 Å². The highest BCUT2D eigenvalue weighted by atomic mass is 16.1. The molecule has 0 saturated heterocycles. The number of hydrogen-bond donors (Lipinski definition) is 0. The molecule has 0 atom stereocenters. The molecule has 0 fully saturated rings. The van der Waals surface area contributed by atoms with Gasteiger partial charge in [0, 0.05) is 18.8 Å². The first kappa shape index (κ1) is 13.2. The van der Waals surface area contributed by atoms with Crippen LogP contribution in [0, 0.1) is 13.8 Å². The van der Waals surface area contributed by atoms with Crippen LogP contribution in [0.1, 0.15) is 38.4 Å². The van der Waals surface area contributed by atoms with Crippen molar-refractivity contribution in [3.05, 3.63) is 53.1 Å². The molecule has 1 aromatic heterocycles. The first-order chi connectivity index (χ1) is 8.97. The number of benzene rings is 1. The van der Waals surface area contributed by atoms with Gasteiger partial charge >= 0.3 is 0 Å². The maximum atomic E-state index is 12.2. The molecular weight excluding hydrogens is 240 g/mol. The number of imidazole rings is 1. The SMILES string of the molecule is Cc1ccc(C)c(C(=O)CC(=O)c2cn(C)cn2)c1. The zero-order chi connectivity index (χ0) is 14.0. The molecule has 0 N–H and O–H groups in total. The first-order valence-electron chi connectivity index (χ1n) is 6.09. The summed E-state index contributed by atoms with van der Waals surface area (Å²) in [5.74, 6) is -0.400. The predicted octanol–water partition coefficient (Wildman–Crippen LogP) is 2.49. The number of rotatable bonds is 4. The Balaban J connectivity index is 2.17. The van der Waals surface area contributed by atoms with Crippen molar-refractivity contribution in [2.75, 3.05) is 0 Å². The summed E-state index contributed by atoms with van der Waals surface area (Å²) in [4.78, 5) is 28.1. The molecule has 19 heavy (non-hydrogen) atoms. The molecule has 1 aromatic carbocycles. The van der Waals surface area contributed by atoms with E-state index in [0.717, 1.165) is 11.1 Å². The summed E-state index contributed by atoms with van der Waals surface area (Å²) < 4.78 is 1.69. The summed E-state index contributed by atoms with van der Waals surface area (Å²) in [6, 6.07) is 5.67. The average molecular weight is 256 g/mol. The van der Waals surface area contributed by atoms with Gasteiger partial charge in [-0.1, -0.05) is 17.7 Å². The van der Waals surface area contributed by atoms with E-state index in [1.807, 2.05) is 32.0 Å². The molecule has 1 heterocycles. The van der Waals surface area contributed by atoms with Crippen LogP contribution in [0.3, 0.4) is 0 Å². The zero-order valence-electron chi connectivity index (χ0n) is 11.3. The van der Waals surface area contributed by atoms with Crippen molar-refractivity contribution in [3.63, 3.8) is 0 Å². The number of carbonyl (C=O) groups is 2. The second-order valence-corrected chi connectivity index (χ2v) is 4.77. The Morgan fingerprint density at radius 3 is 2.58 bits per heavy atom. The Morgan fingerprint density at radius 1 is 1.21 bits per heavy atom. The van der Waals surface area contributed by atoms with E-state index in [-0.39, 0.29) is 18.0 Å². The van der Waals surface area contributed by atoms with Gasteiger partial charge in [0.15, 0.2) is 11.6 Å². The topological polar surface area (TPSA) is 52.0 Å². The highest BCUT2D eigenvalue weighted by Gasteiger charge is 2.17. The van der Waals surface area contributed by atoms with Gasteiger partial charge in [0.1, 0.15) is 5.69 Å². The number of aryl methyl sites for hydroxylation is 3. The van der Waals surface area contributed by atoms with Gasteiger partial charge in [-0.15, -0.1) is 0 Å². The molecule has 98 valence electrons. The molecule has 0 bridgehead atoms. The van der Waals surface area contributed by atoms with Crippen molar-refractivity contribution < 1.29 is 9.59 Å². The molecular formula is C15H16N2O2. The molecule has 0 amide bonds. The number of hydrogen-bond acceptors (Lipinski definition) is 3. The summed E-state index contributed by atoms with van der Waals surface area (Å²) in [7, 11) is 1.79. The maximum absolute atomic E-state index is 12.2. The fourth-order valence-corrected chi connectivity index (χ4v) is 1.92. The van der Waals surface area contributed by atoms with E-state index >= 15 is 0 Å². The molecule has 0 aliphatic heterocycles. The van der Waals surface area contributed by atoms with Crippen LogP contribution in [0.25, 0.3) is 0 Å². The van der Waals surface area contributed by atoms with Crippen LogP contribution in [0.15, 0.2) is 30.7 Å². The van der Waals surface area contributed by atoms with E-state index in [1.165, 1.54) is 0 Å². The molecule has 4 heteroatoms. The lowest BCUT2D eigenvalue weighted by Crippen LogP contribution is -2.10. The Kier molecular flexibility index (Phi) is 3.60. The van der Waals surface area contributed by atoms with Gasteiger partial charge in [-0.3, -0.25) is 9.59 Å². The minimum atomic E-state index is -0.244. The van der Waals surface area contributed by atoms with E-state index in [0.29, 0.717) is 11.3 Å². The van der Waals surface area contributed by atoms with Crippen molar-refractivity contribution >= 4 is 11.6 Å². The fraction of sp³-hybridized carbons (Fsp3) is 0.267. The molecule has 0 saturated carbocycles. The highest BCUT2D eigenvalue weighted by Crippen LogP contribution is 2.14. The van der Waals surface area contributed by atoms with Crippen LogP contribution in [-0.4, -0.2) is 21.1 Å². The standard InChI is InChI=1S/C15H16N2O2/c1-10-4-5-11(2)12(6-10)14(18)7-15(19)13-8-17(3)9-16-13/h4-6,8-9H,7H2,1-3H3. The third kappa shape index (κ3) is 2.96. The molecule has 0 unspecified atom stereocenters. The summed E-state index contributed by atoms with van der Waals surface area (Å²) in [5.41, 5.74) is 2.86. The van der Waals surface area contributed by atoms with Gasteiger partial charge in [-0.2, -0.15) is 0 Å². The summed E-state index contributed by atoms with van der Waals surface area (Å²) in [6.45, 7) is 3.80. The largest absolute Gasteiger partial charge is 0.340 e. The predicted molar refractivity (Wildman–Crippen MR) is 72.4 cm³/mol. The van der Waals surface area contributed by atoms with Crippen LogP contribution in [0.2, 0.25) is 0 Å². The van der Waals surface area contributed by atoms with Crippen molar-refractivity contribution in [1.82, 2.24) is 9.55 Å². The van der Waals surface area contributed by atoms with Crippen LogP contribution < -0.4 is 0 Å². The van der Waals surface area contributed by atoms with Crippen LogP contribution in [-0.2, 0) is 7.05 Å². The van der Waals surface area contributed by atoms with Crippen molar-refractivity contribution in [2.24, 2.45) is 7.05 Å². The lowest BCUT2D eigenvalue weighted by molar-refractivity contribution is 0.0891. The molecule has 4 nitrogen and oxygen atoms in total. The number of carbonyl (C=O) groups excluding carboxylic acids is 2. The highest BCUT2D eigenvalue weighted by molar-refractivity contribution is 6.13. The minimum Gasteiger partial charge on any atom is -0.340 e. The van der Waals surface area contributed by atoms with Gasteiger partial charge in [-0.05, 0) is 25.5 Å². The van der Waals surface area contributed by atoms with Crippen LogP contribution in [0.4, 0.5) is 0 Å². The van der Waals surface area contributed by atoms with E-state index < -0.39 is 0 Å². The van der Waals surface area contributed by atoms with Crippen molar-refractivity contribution in [3.8, 4) is 0 Å². The van der Waals surface area contributed by atoms with Gasteiger partial charge < -0.3 is 4.57 Å². The summed E-state index contributed by atoms with van der Waals surface area (Å²) in [5, 5.41) is 0. The summed E-state index contributed by atoms with van der Waals surface area (Å²) in [6.07, 6.45) is 3.04. The Morgan fingerprint density at radius 2 is 1.95 bits per heavy atom. The zero-order valence-corrected chi connectivity index (χ0v) is 11.3. The third-order valence-electron chi connectivity index (χ3n) is 3.01. The van der Waals surface area contributed by atoms with Gasteiger partial charge in [0.2, 0.25) is 0 Å². The van der Waals surface area contributed by atoms with Crippen molar-refractivity contribution in [1.29, 1.82) is 0 Å². The molecule has 0 aliphatic carbocycles. The third-order valence-corrected chi connectivity index (χ3v) is 3.01. The van der Waals surface area contributed by atoms with Crippen LogP contribution >= 0.6 is 0 Å². The lowest BCUT2D eigenvalue weighted by Gasteiger charge is -2.05. The van der Waals surface area contributed by atoms with E-state index in [1.54, 1.807) is 24.1 Å². The van der Waals surface area contributed by atoms with Gasteiger partial charge in [0.05, 0.1) is 12.7 Å². The maximum Gasteiger partial charge on any atom is 0.190 e. The second-order valence-electron chi connectivity index (χ2n) is 4.77. The van der Waals surface area contributed by atoms with Crippen molar-refractivity contribution in [2.45, 2.75) is 20.3 Å². The smallest absolute Gasteiger partial charge is 0.190 e. The number of ketones is 2. The number of Topliss-reactive ketones (excluding diaryl/α,β-unsaturated/α-hetero) is 2. The van der Waals surface area contributed by atoms with E-state index in [2.05, 4.69) is 4.98 Å². The van der Waals surface area contributed by atoms with E-state index in [4.69, 9.17) is 0 Å². The average Bonchev–Trinajstić information content (AvgIpc) is 2.79. The number of aromatic nitrogens is 2. The Bertz CT molecular complexity index is 641. The Labute approximate surface area is 112 Å². The lowest BCUT2D eigenvalue weighted by atomic mass is 9.98. The van der Waals surface area contributed by atoms with Gasteiger partial charge in [-0.25, -0.2) is 4.98 Å². The molecule has 2 rings (SSSR count). The first-order valence-corrected chi connectivity index (χ1v) is 6.09. The molecule has 0 radical (unpaired) electrons. The normalized spacial score (nSPS) is 10.5. The summed E-state index contributed by atoms with van der Waals surface area (Å²) >= 11 is 0. The fourth-order valence-electron chi connectivity index (χ4n) is 1.92. The van der Waals surface area contributed by atoms with Gasteiger partial charge in [0.25, 0.3) is 0 Å². The number of nitrogens with zero attached hydrogens (tertiary/aromatic N) is 2. The molecule has 2 aromatic rings.